The van der Waals surface area contributed by atoms with Gasteiger partial charge in [0.1, 0.15) is 6.20 Å². The molecule has 2 aromatic heterocycles. The van der Waals surface area contributed by atoms with Crippen molar-refractivity contribution in [3.8, 4) is 11.4 Å². The van der Waals surface area contributed by atoms with Crippen LogP contribution in [0.4, 0.5) is 11.6 Å². The van der Waals surface area contributed by atoms with Crippen LogP contribution in [0.25, 0.3) is 11.4 Å². The Hall–Kier alpha value is -2.51. The van der Waals surface area contributed by atoms with Crippen molar-refractivity contribution in [3.05, 3.63) is 28.6 Å². The van der Waals surface area contributed by atoms with E-state index < -0.39 is 4.92 Å². The van der Waals surface area contributed by atoms with Gasteiger partial charge in [-0.1, -0.05) is 6.92 Å². The molecule has 0 amide bonds. The fourth-order valence-electron chi connectivity index (χ4n) is 1.86. The number of rotatable bonds is 6. The highest BCUT2D eigenvalue weighted by molar-refractivity contribution is 5.67. The summed E-state index contributed by atoms with van der Waals surface area (Å²) < 4.78 is 1.71. The molecule has 0 saturated carbocycles. The van der Waals surface area contributed by atoms with Gasteiger partial charge in [-0.25, -0.2) is 9.97 Å². The van der Waals surface area contributed by atoms with Crippen LogP contribution in [0.5, 0.6) is 0 Å². The molecular formula is C12H16N6O2. The van der Waals surface area contributed by atoms with Gasteiger partial charge in [-0.15, -0.1) is 0 Å². The van der Waals surface area contributed by atoms with Crippen LogP contribution in [0.2, 0.25) is 0 Å². The summed E-state index contributed by atoms with van der Waals surface area (Å²) in [4.78, 5) is 18.8. The third-order valence-corrected chi connectivity index (χ3v) is 2.70. The van der Waals surface area contributed by atoms with E-state index in [4.69, 9.17) is 0 Å². The van der Waals surface area contributed by atoms with E-state index >= 15 is 0 Å². The third-order valence-electron chi connectivity index (χ3n) is 2.70. The lowest BCUT2D eigenvalue weighted by Gasteiger charge is -2.08. The average molecular weight is 276 g/mol. The van der Waals surface area contributed by atoms with Crippen molar-refractivity contribution in [3.63, 3.8) is 0 Å². The van der Waals surface area contributed by atoms with Crippen LogP contribution in [0, 0.1) is 10.1 Å². The number of nitrogens with zero attached hydrogens (tertiary/aromatic N) is 5. The zero-order valence-corrected chi connectivity index (χ0v) is 11.4. The van der Waals surface area contributed by atoms with Crippen LogP contribution in [-0.2, 0) is 6.54 Å². The molecule has 106 valence electrons. The molecule has 0 aromatic carbocycles. The average Bonchev–Trinajstić information content (AvgIpc) is 2.87. The lowest BCUT2D eigenvalue weighted by Crippen LogP contribution is -2.08. The van der Waals surface area contributed by atoms with E-state index in [9.17, 15) is 10.1 Å². The fourth-order valence-corrected chi connectivity index (χ4v) is 1.86. The second-order valence-corrected chi connectivity index (χ2v) is 4.15. The summed E-state index contributed by atoms with van der Waals surface area (Å²) in [5.41, 5.74) is 0.788. The minimum atomic E-state index is -0.478. The Bertz CT molecular complexity index is 610. The molecule has 0 aliphatic heterocycles. The molecule has 0 fully saturated rings. The number of aromatic nitrogens is 4. The monoisotopic (exact) mass is 276 g/mol. The minimum Gasteiger partial charge on any atom is -0.354 e. The molecule has 8 heteroatoms. The van der Waals surface area contributed by atoms with Gasteiger partial charge in [-0.3, -0.25) is 14.8 Å². The maximum absolute atomic E-state index is 11.1. The maximum atomic E-state index is 11.1. The first-order valence-corrected chi connectivity index (χ1v) is 6.44. The van der Waals surface area contributed by atoms with Gasteiger partial charge in [0.05, 0.1) is 10.6 Å². The van der Waals surface area contributed by atoms with E-state index in [0.29, 0.717) is 24.7 Å². The van der Waals surface area contributed by atoms with Gasteiger partial charge >= 0.3 is 5.69 Å². The normalized spacial score (nSPS) is 10.5. The van der Waals surface area contributed by atoms with Crippen molar-refractivity contribution in [2.75, 3.05) is 11.9 Å². The van der Waals surface area contributed by atoms with E-state index in [0.717, 1.165) is 6.42 Å². The molecule has 0 aliphatic carbocycles. The van der Waals surface area contributed by atoms with Crippen molar-refractivity contribution in [1.82, 2.24) is 19.7 Å². The highest BCUT2D eigenvalue weighted by Crippen LogP contribution is 2.27. The molecule has 0 saturated heterocycles. The smallest absolute Gasteiger partial charge is 0.315 e. The first kappa shape index (κ1) is 13.9. The predicted molar refractivity (Wildman–Crippen MR) is 74.4 cm³/mol. The number of nitrogens with one attached hydrogen (secondary N) is 1. The van der Waals surface area contributed by atoms with Crippen molar-refractivity contribution >= 4 is 11.6 Å². The van der Waals surface area contributed by atoms with Crippen LogP contribution in [0.1, 0.15) is 20.3 Å². The van der Waals surface area contributed by atoms with Gasteiger partial charge in [0.2, 0.25) is 5.95 Å². The Morgan fingerprint density at radius 1 is 1.45 bits per heavy atom. The Morgan fingerprint density at radius 3 is 2.90 bits per heavy atom. The summed E-state index contributed by atoms with van der Waals surface area (Å²) in [5, 5.41) is 18.3. The van der Waals surface area contributed by atoms with E-state index in [1.54, 1.807) is 16.9 Å². The molecule has 0 spiro atoms. The van der Waals surface area contributed by atoms with Crippen molar-refractivity contribution in [2.45, 2.75) is 26.8 Å². The van der Waals surface area contributed by atoms with Gasteiger partial charge < -0.3 is 5.32 Å². The van der Waals surface area contributed by atoms with Gasteiger partial charge in [-0.05, 0) is 19.4 Å². The van der Waals surface area contributed by atoms with Crippen LogP contribution in [0.3, 0.4) is 0 Å². The minimum absolute atomic E-state index is 0.121. The first-order chi connectivity index (χ1) is 9.67. The largest absolute Gasteiger partial charge is 0.354 e. The Balaban J connectivity index is 2.53. The summed E-state index contributed by atoms with van der Waals surface area (Å²) >= 11 is 0. The lowest BCUT2D eigenvalue weighted by molar-refractivity contribution is -0.384. The van der Waals surface area contributed by atoms with Crippen LogP contribution < -0.4 is 5.32 Å². The van der Waals surface area contributed by atoms with Gasteiger partial charge in [-0.2, -0.15) is 5.10 Å². The topological polar surface area (TPSA) is 98.8 Å². The van der Waals surface area contributed by atoms with E-state index in [-0.39, 0.29) is 11.4 Å². The van der Waals surface area contributed by atoms with Crippen molar-refractivity contribution < 1.29 is 4.92 Å². The summed E-state index contributed by atoms with van der Waals surface area (Å²) in [6.07, 6.45) is 3.72. The fraction of sp³-hybridized carbons (Fsp3) is 0.417. The molecule has 8 nitrogen and oxygen atoms in total. The Kier molecular flexibility index (Phi) is 4.24. The molecule has 0 radical (unpaired) electrons. The molecule has 2 rings (SSSR count). The number of anilines is 1. The Labute approximate surface area is 116 Å². The second kappa shape index (κ2) is 6.09. The predicted octanol–water partition coefficient (Wildman–Crippen LogP) is 2.09. The zero-order valence-electron chi connectivity index (χ0n) is 11.4. The first-order valence-electron chi connectivity index (χ1n) is 6.44. The quantitative estimate of drug-likeness (QED) is 0.640. The van der Waals surface area contributed by atoms with E-state index in [2.05, 4.69) is 20.4 Å². The van der Waals surface area contributed by atoms with Gasteiger partial charge in [0.15, 0.2) is 5.69 Å². The molecule has 2 heterocycles. The molecule has 0 atom stereocenters. The lowest BCUT2D eigenvalue weighted by atomic mass is 10.2. The number of nitro groups is 1. The second-order valence-electron chi connectivity index (χ2n) is 4.15. The molecular weight excluding hydrogens is 260 g/mol. The number of hydrogen-bond donors (Lipinski definition) is 1. The molecule has 2 aromatic rings. The molecule has 0 bridgehead atoms. The molecule has 20 heavy (non-hydrogen) atoms. The summed E-state index contributed by atoms with van der Waals surface area (Å²) in [5.74, 6) is 0.373. The van der Waals surface area contributed by atoms with Gasteiger partial charge in [0.25, 0.3) is 0 Å². The van der Waals surface area contributed by atoms with Crippen molar-refractivity contribution in [2.24, 2.45) is 0 Å². The number of aryl methyl sites for hydroxylation is 1. The molecule has 0 unspecified atom stereocenters. The van der Waals surface area contributed by atoms with Gasteiger partial charge in [0, 0.05) is 19.3 Å². The summed E-state index contributed by atoms with van der Waals surface area (Å²) in [6, 6.07) is 1.72. The number of hydrogen-bond acceptors (Lipinski definition) is 6. The highest BCUT2D eigenvalue weighted by atomic mass is 16.6. The summed E-state index contributed by atoms with van der Waals surface area (Å²) in [7, 11) is 0. The zero-order chi connectivity index (χ0) is 14.5. The summed E-state index contributed by atoms with van der Waals surface area (Å²) in [6.45, 7) is 5.25. The molecule has 0 aliphatic rings. The van der Waals surface area contributed by atoms with Crippen LogP contribution in [0.15, 0.2) is 18.5 Å². The van der Waals surface area contributed by atoms with Crippen LogP contribution >= 0.6 is 0 Å². The van der Waals surface area contributed by atoms with Crippen molar-refractivity contribution in [1.29, 1.82) is 0 Å². The Morgan fingerprint density at radius 2 is 2.25 bits per heavy atom. The van der Waals surface area contributed by atoms with E-state index in [1.165, 1.54) is 6.20 Å². The SMILES string of the molecule is CCCn1nccc1-c1nc(NCC)ncc1[N+](=O)[O-]. The third kappa shape index (κ3) is 2.73. The standard InChI is InChI=1S/C12H16N6O2/c1-3-7-17-9(5-6-15-17)11-10(18(19)20)8-14-12(16-11)13-4-2/h5-6,8H,3-4,7H2,1-2H3,(H,13,14,16). The van der Waals surface area contributed by atoms with Crippen LogP contribution in [-0.4, -0.2) is 31.2 Å². The highest BCUT2D eigenvalue weighted by Gasteiger charge is 2.21. The maximum Gasteiger partial charge on any atom is 0.315 e. The molecule has 1 N–H and O–H groups in total. The van der Waals surface area contributed by atoms with E-state index in [1.807, 2.05) is 13.8 Å².